The first-order valence-corrected chi connectivity index (χ1v) is 6.55. The van der Waals surface area contributed by atoms with Crippen LogP contribution >= 0.6 is 0 Å². The Morgan fingerprint density at radius 2 is 2.35 bits per heavy atom. The second-order valence-corrected chi connectivity index (χ2v) is 5.37. The average molecular weight is 237 g/mol. The summed E-state index contributed by atoms with van der Waals surface area (Å²) in [5.41, 5.74) is 5.74. The number of nitrogens with two attached hydrogens (primary N) is 1. The molecule has 96 valence electrons. The summed E-state index contributed by atoms with van der Waals surface area (Å²) >= 11 is 0. The molecule has 1 fully saturated rings. The van der Waals surface area contributed by atoms with Crippen molar-refractivity contribution in [1.82, 2.24) is 15.2 Å². The van der Waals surface area contributed by atoms with Crippen LogP contribution in [-0.2, 0) is 6.42 Å². The highest BCUT2D eigenvalue weighted by atomic mass is 15.4. The number of nitrogens with zero attached hydrogens (tertiary/aromatic N) is 3. The molecule has 1 unspecified atom stereocenters. The average Bonchev–Trinajstić information content (AvgIpc) is 2.77. The summed E-state index contributed by atoms with van der Waals surface area (Å²) in [6.45, 7) is 7.19. The van der Waals surface area contributed by atoms with Crippen LogP contribution in [0.4, 0.5) is 5.95 Å². The molecule has 1 aromatic rings. The van der Waals surface area contributed by atoms with Gasteiger partial charge in [-0.1, -0.05) is 13.8 Å². The van der Waals surface area contributed by atoms with Gasteiger partial charge in [-0.15, -0.1) is 5.10 Å². The Kier molecular flexibility index (Phi) is 3.99. The minimum atomic E-state index is 0.593. The molecule has 1 aliphatic heterocycles. The van der Waals surface area contributed by atoms with Crippen LogP contribution in [0, 0.1) is 11.8 Å². The maximum atomic E-state index is 5.74. The van der Waals surface area contributed by atoms with Gasteiger partial charge in [-0.05, 0) is 31.2 Å². The van der Waals surface area contributed by atoms with Gasteiger partial charge < -0.3 is 10.6 Å². The van der Waals surface area contributed by atoms with E-state index in [0.717, 1.165) is 37.8 Å². The minimum absolute atomic E-state index is 0.593. The van der Waals surface area contributed by atoms with Crippen LogP contribution < -0.4 is 10.6 Å². The first kappa shape index (κ1) is 12.4. The fourth-order valence-corrected chi connectivity index (χ4v) is 2.34. The van der Waals surface area contributed by atoms with E-state index in [9.17, 15) is 0 Å². The predicted octanol–water partition coefficient (Wildman–Crippen LogP) is 1.18. The topological polar surface area (TPSA) is 70.8 Å². The standard InChI is InChI=1S/C12H23N5/c1-9(2)6-11-14-12(16-15-11)17-5-3-4-10(7-13)8-17/h9-10H,3-8,13H2,1-2H3,(H,14,15,16). The van der Waals surface area contributed by atoms with E-state index in [1.165, 1.54) is 12.8 Å². The Morgan fingerprint density at radius 1 is 1.53 bits per heavy atom. The van der Waals surface area contributed by atoms with Crippen LogP contribution in [0.15, 0.2) is 0 Å². The van der Waals surface area contributed by atoms with Gasteiger partial charge >= 0.3 is 0 Å². The molecule has 1 aromatic heterocycles. The molecule has 0 radical (unpaired) electrons. The van der Waals surface area contributed by atoms with E-state index in [0.29, 0.717) is 11.8 Å². The largest absolute Gasteiger partial charge is 0.339 e. The Hall–Kier alpha value is -1.10. The molecule has 5 heteroatoms. The van der Waals surface area contributed by atoms with Crippen LogP contribution in [0.1, 0.15) is 32.5 Å². The highest BCUT2D eigenvalue weighted by molar-refractivity contribution is 5.29. The number of rotatable bonds is 4. The molecule has 2 rings (SSSR count). The number of H-pyrrole nitrogens is 1. The molecule has 3 N–H and O–H groups in total. The number of aromatic amines is 1. The zero-order valence-corrected chi connectivity index (χ0v) is 10.8. The van der Waals surface area contributed by atoms with Gasteiger partial charge in [-0.25, -0.2) is 0 Å². The van der Waals surface area contributed by atoms with E-state index in [4.69, 9.17) is 5.73 Å². The summed E-state index contributed by atoms with van der Waals surface area (Å²) in [6.07, 6.45) is 3.38. The third-order valence-corrected chi connectivity index (χ3v) is 3.26. The van der Waals surface area contributed by atoms with Gasteiger partial charge in [0.1, 0.15) is 5.82 Å². The van der Waals surface area contributed by atoms with Crippen molar-refractivity contribution in [3.8, 4) is 0 Å². The van der Waals surface area contributed by atoms with E-state index in [1.54, 1.807) is 0 Å². The van der Waals surface area contributed by atoms with E-state index >= 15 is 0 Å². The second-order valence-electron chi connectivity index (χ2n) is 5.37. The number of hydrogen-bond acceptors (Lipinski definition) is 4. The van der Waals surface area contributed by atoms with Crippen molar-refractivity contribution in [3.05, 3.63) is 5.82 Å². The molecule has 0 bridgehead atoms. The number of aromatic nitrogens is 3. The highest BCUT2D eigenvalue weighted by Gasteiger charge is 2.21. The van der Waals surface area contributed by atoms with Crippen molar-refractivity contribution in [2.45, 2.75) is 33.1 Å². The number of hydrogen-bond donors (Lipinski definition) is 2. The lowest BCUT2D eigenvalue weighted by molar-refractivity contribution is 0.419. The molecule has 0 spiro atoms. The van der Waals surface area contributed by atoms with Crippen molar-refractivity contribution in [3.63, 3.8) is 0 Å². The highest BCUT2D eigenvalue weighted by Crippen LogP contribution is 2.19. The lowest BCUT2D eigenvalue weighted by Crippen LogP contribution is -2.39. The molecular formula is C12H23N5. The van der Waals surface area contributed by atoms with Gasteiger partial charge in [-0.3, -0.25) is 5.10 Å². The zero-order valence-electron chi connectivity index (χ0n) is 10.8. The van der Waals surface area contributed by atoms with Gasteiger partial charge in [0.15, 0.2) is 0 Å². The summed E-state index contributed by atoms with van der Waals surface area (Å²) in [5.74, 6) is 3.04. The summed E-state index contributed by atoms with van der Waals surface area (Å²) < 4.78 is 0. The lowest BCUT2D eigenvalue weighted by atomic mass is 9.99. The Morgan fingerprint density at radius 3 is 3.06 bits per heavy atom. The molecule has 1 aliphatic rings. The SMILES string of the molecule is CC(C)Cc1nc(N2CCCC(CN)C2)n[nH]1. The van der Waals surface area contributed by atoms with Crippen LogP contribution in [0.5, 0.6) is 0 Å². The van der Waals surface area contributed by atoms with Crippen molar-refractivity contribution >= 4 is 5.95 Å². The molecular weight excluding hydrogens is 214 g/mol. The van der Waals surface area contributed by atoms with E-state index in [2.05, 4.69) is 33.9 Å². The summed E-state index contributed by atoms with van der Waals surface area (Å²) in [5, 5.41) is 7.34. The molecule has 0 amide bonds. The fraction of sp³-hybridized carbons (Fsp3) is 0.833. The zero-order chi connectivity index (χ0) is 12.3. The number of anilines is 1. The van der Waals surface area contributed by atoms with Crippen LogP contribution in [0.25, 0.3) is 0 Å². The normalized spacial score (nSPS) is 21.2. The van der Waals surface area contributed by atoms with Gasteiger partial charge in [0.05, 0.1) is 0 Å². The smallest absolute Gasteiger partial charge is 0.244 e. The fourth-order valence-electron chi connectivity index (χ4n) is 2.34. The van der Waals surface area contributed by atoms with Crippen LogP contribution in [0.2, 0.25) is 0 Å². The molecule has 0 aliphatic carbocycles. The van der Waals surface area contributed by atoms with Gasteiger partial charge in [0.2, 0.25) is 5.95 Å². The van der Waals surface area contributed by atoms with Crippen LogP contribution in [-0.4, -0.2) is 34.8 Å². The van der Waals surface area contributed by atoms with Crippen molar-refractivity contribution in [2.24, 2.45) is 17.6 Å². The molecule has 17 heavy (non-hydrogen) atoms. The lowest BCUT2D eigenvalue weighted by Gasteiger charge is -2.31. The van der Waals surface area contributed by atoms with Crippen LogP contribution in [0.3, 0.4) is 0 Å². The second kappa shape index (κ2) is 5.49. The Labute approximate surface area is 103 Å². The van der Waals surface area contributed by atoms with Crippen molar-refractivity contribution < 1.29 is 0 Å². The third-order valence-electron chi connectivity index (χ3n) is 3.26. The quantitative estimate of drug-likeness (QED) is 0.825. The maximum Gasteiger partial charge on any atom is 0.244 e. The molecule has 2 heterocycles. The van der Waals surface area contributed by atoms with Crippen molar-refractivity contribution in [2.75, 3.05) is 24.5 Å². The molecule has 1 saturated heterocycles. The Balaban J connectivity index is 1.99. The minimum Gasteiger partial charge on any atom is -0.339 e. The van der Waals surface area contributed by atoms with Gasteiger partial charge in [0.25, 0.3) is 0 Å². The maximum absolute atomic E-state index is 5.74. The number of nitrogens with one attached hydrogen (secondary N) is 1. The predicted molar refractivity (Wildman–Crippen MR) is 68.9 cm³/mol. The van der Waals surface area contributed by atoms with E-state index in [1.807, 2.05) is 0 Å². The van der Waals surface area contributed by atoms with E-state index in [-0.39, 0.29) is 0 Å². The summed E-state index contributed by atoms with van der Waals surface area (Å²) in [6, 6.07) is 0. The summed E-state index contributed by atoms with van der Waals surface area (Å²) in [4.78, 5) is 6.81. The molecule has 0 aromatic carbocycles. The van der Waals surface area contributed by atoms with Gasteiger partial charge in [-0.2, -0.15) is 4.98 Å². The first-order valence-electron chi connectivity index (χ1n) is 6.55. The summed E-state index contributed by atoms with van der Waals surface area (Å²) in [7, 11) is 0. The van der Waals surface area contributed by atoms with Crippen molar-refractivity contribution in [1.29, 1.82) is 0 Å². The number of piperidine rings is 1. The third kappa shape index (κ3) is 3.19. The molecule has 0 saturated carbocycles. The first-order chi connectivity index (χ1) is 8.19. The van der Waals surface area contributed by atoms with E-state index < -0.39 is 0 Å². The monoisotopic (exact) mass is 237 g/mol. The molecule has 1 atom stereocenters. The van der Waals surface area contributed by atoms with Gasteiger partial charge in [0, 0.05) is 19.5 Å². The Bertz CT molecular complexity index is 346. The molecule has 5 nitrogen and oxygen atoms in total.